The Balaban J connectivity index is 1.60. The van der Waals surface area contributed by atoms with Crippen molar-refractivity contribution in [3.8, 4) is 17.2 Å². The molecule has 0 amide bonds. The zero-order chi connectivity index (χ0) is 19.1. The number of nitrogens with zero attached hydrogens (tertiary/aromatic N) is 2. The highest BCUT2D eigenvalue weighted by atomic mass is 16.5. The standard InChI is InChI=1S/C21H30N2O4/c1-4-25-20-8-6-5-7-18(20)21-22-19(16(2)27-21)15-23-11-9-17(10-12-23)26-14-13-24-3/h5-8,17H,4,9-15H2,1-3H3. The van der Waals surface area contributed by atoms with Crippen LogP contribution in [0.25, 0.3) is 11.5 Å². The number of methoxy groups -OCH3 is 1. The van der Waals surface area contributed by atoms with E-state index in [2.05, 4.69) is 4.90 Å². The van der Waals surface area contributed by atoms with Crippen molar-refractivity contribution in [1.29, 1.82) is 0 Å². The van der Waals surface area contributed by atoms with Crippen LogP contribution in [0, 0.1) is 6.92 Å². The van der Waals surface area contributed by atoms with Crippen molar-refractivity contribution in [3.05, 3.63) is 35.7 Å². The number of hydrogen-bond donors (Lipinski definition) is 0. The van der Waals surface area contributed by atoms with Crippen molar-refractivity contribution in [2.45, 2.75) is 39.3 Å². The molecule has 148 valence electrons. The summed E-state index contributed by atoms with van der Waals surface area (Å²) in [7, 11) is 1.70. The van der Waals surface area contributed by atoms with Gasteiger partial charge in [0, 0.05) is 26.7 Å². The van der Waals surface area contributed by atoms with Gasteiger partial charge in [0.25, 0.3) is 0 Å². The number of ether oxygens (including phenoxy) is 3. The molecule has 0 atom stereocenters. The molecule has 3 rings (SSSR count). The van der Waals surface area contributed by atoms with Crippen molar-refractivity contribution in [2.75, 3.05) is 40.0 Å². The van der Waals surface area contributed by atoms with Crippen LogP contribution in [0.15, 0.2) is 28.7 Å². The fraction of sp³-hybridized carbons (Fsp3) is 0.571. The summed E-state index contributed by atoms with van der Waals surface area (Å²) in [4.78, 5) is 7.18. The van der Waals surface area contributed by atoms with Crippen LogP contribution in [0.5, 0.6) is 5.75 Å². The van der Waals surface area contributed by atoms with Crippen LogP contribution in [0.3, 0.4) is 0 Å². The second-order valence-electron chi connectivity index (χ2n) is 6.79. The molecule has 2 heterocycles. The lowest BCUT2D eigenvalue weighted by atomic mass is 10.1. The molecule has 1 saturated heterocycles. The summed E-state index contributed by atoms with van der Waals surface area (Å²) in [5.74, 6) is 2.31. The lowest BCUT2D eigenvalue weighted by Crippen LogP contribution is -2.37. The van der Waals surface area contributed by atoms with E-state index < -0.39 is 0 Å². The maximum absolute atomic E-state index is 5.96. The van der Waals surface area contributed by atoms with E-state index in [1.165, 1.54) is 0 Å². The monoisotopic (exact) mass is 374 g/mol. The largest absolute Gasteiger partial charge is 0.493 e. The van der Waals surface area contributed by atoms with Crippen LogP contribution in [-0.4, -0.2) is 56.0 Å². The summed E-state index contributed by atoms with van der Waals surface area (Å²) in [6.45, 7) is 8.73. The number of benzene rings is 1. The van der Waals surface area contributed by atoms with Crippen molar-refractivity contribution in [2.24, 2.45) is 0 Å². The molecule has 0 aliphatic carbocycles. The topological polar surface area (TPSA) is 57.0 Å². The quantitative estimate of drug-likeness (QED) is 0.624. The first-order chi connectivity index (χ1) is 13.2. The molecule has 0 radical (unpaired) electrons. The highest BCUT2D eigenvalue weighted by molar-refractivity contribution is 5.63. The first kappa shape index (κ1) is 19.9. The first-order valence-electron chi connectivity index (χ1n) is 9.72. The minimum absolute atomic E-state index is 0.337. The average molecular weight is 374 g/mol. The van der Waals surface area contributed by atoms with Crippen LogP contribution >= 0.6 is 0 Å². The molecule has 0 spiro atoms. The molecule has 0 unspecified atom stereocenters. The molecule has 2 aromatic rings. The Bertz CT molecular complexity index is 708. The number of likely N-dealkylation sites (tertiary alicyclic amines) is 1. The van der Waals surface area contributed by atoms with E-state index in [0.29, 0.717) is 31.8 Å². The number of hydrogen-bond acceptors (Lipinski definition) is 6. The summed E-state index contributed by atoms with van der Waals surface area (Å²) in [5, 5.41) is 0. The maximum Gasteiger partial charge on any atom is 0.230 e. The van der Waals surface area contributed by atoms with Gasteiger partial charge >= 0.3 is 0 Å². The Labute approximate surface area is 161 Å². The molecular weight excluding hydrogens is 344 g/mol. The van der Waals surface area contributed by atoms with E-state index in [1.807, 2.05) is 38.1 Å². The zero-order valence-electron chi connectivity index (χ0n) is 16.6. The van der Waals surface area contributed by atoms with Crippen LogP contribution in [-0.2, 0) is 16.0 Å². The highest BCUT2D eigenvalue weighted by Crippen LogP contribution is 2.31. The minimum Gasteiger partial charge on any atom is -0.493 e. The summed E-state index contributed by atoms with van der Waals surface area (Å²) >= 11 is 0. The number of piperidine rings is 1. The summed E-state index contributed by atoms with van der Waals surface area (Å²) in [6.07, 6.45) is 2.42. The molecule has 27 heavy (non-hydrogen) atoms. The summed E-state index contributed by atoms with van der Waals surface area (Å²) < 4.78 is 22.6. The van der Waals surface area contributed by atoms with Gasteiger partial charge in [0.05, 0.1) is 37.2 Å². The highest BCUT2D eigenvalue weighted by Gasteiger charge is 2.22. The van der Waals surface area contributed by atoms with Crippen LogP contribution < -0.4 is 4.74 Å². The summed E-state index contributed by atoms with van der Waals surface area (Å²) in [6, 6.07) is 7.88. The van der Waals surface area contributed by atoms with Gasteiger partial charge in [-0.3, -0.25) is 4.90 Å². The minimum atomic E-state index is 0.337. The lowest BCUT2D eigenvalue weighted by Gasteiger charge is -2.31. The molecule has 0 saturated carbocycles. The normalized spacial score (nSPS) is 16.0. The third kappa shape index (κ3) is 5.31. The van der Waals surface area contributed by atoms with E-state index in [4.69, 9.17) is 23.6 Å². The number of rotatable bonds is 9. The summed E-state index contributed by atoms with van der Waals surface area (Å²) in [5.41, 5.74) is 1.90. The van der Waals surface area contributed by atoms with Crippen LogP contribution in [0.2, 0.25) is 0 Å². The second-order valence-corrected chi connectivity index (χ2v) is 6.79. The van der Waals surface area contributed by atoms with Crippen LogP contribution in [0.1, 0.15) is 31.2 Å². The number of oxazole rings is 1. The van der Waals surface area contributed by atoms with Gasteiger partial charge in [0.15, 0.2) is 0 Å². The van der Waals surface area contributed by atoms with Gasteiger partial charge in [0.1, 0.15) is 11.5 Å². The molecule has 1 fully saturated rings. The average Bonchev–Trinajstić information content (AvgIpc) is 3.04. The number of aromatic nitrogens is 1. The molecule has 0 N–H and O–H groups in total. The fourth-order valence-electron chi connectivity index (χ4n) is 3.36. The van der Waals surface area contributed by atoms with E-state index in [0.717, 1.165) is 55.2 Å². The third-order valence-corrected chi connectivity index (χ3v) is 4.86. The molecule has 0 bridgehead atoms. The van der Waals surface area contributed by atoms with E-state index in [1.54, 1.807) is 7.11 Å². The molecule has 1 aromatic heterocycles. The molecule has 6 heteroatoms. The Morgan fingerprint density at radius 3 is 2.70 bits per heavy atom. The Kier molecular flexibility index (Phi) is 7.26. The van der Waals surface area contributed by atoms with Crippen molar-refractivity contribution < 1.29 is 18.6 Å². The molecule has 1 aliphatic heterocycles. The Morgan fingerprint density at radius 1 is 1.19 bits per heavy atom. The Hall–Kier alpha value is -1.89. The predicted octanol–water partition coefficient (Wildman–Crippen LogP) is 3.68. The van der Waals surface area contributed by atoms with Crippen molar-refractivity contribution in [1.82, 2.24) is 9.88 Å². The van der Waals surface area contributed by atoms with Crippen molar-refractivity contribution >= 4 is 0 Å². The maximum atomic E-state index is 5.96. The molecular formula is C21H30N2O4. The fourth-order valence-corrected chi connectivity index (χ4v) is 3.36. The number of aryl methyl sites for hydroxylation is 1. The molecule has 1 aromatic carbocycles. The van der Waals surface area contributed by atoms with Gasteiger partial charge in [-0.15, -0.1) is 0 Å². The third-order valence-electron chi connectivity index (χ3n) is 4.86. The van der Waals surface area contributed by atoms with Gasteiger partial charge in [-0.25, -0.2) is 4.98 Å². The Morgan fingerprint density at radius 2 is 1.96 bits per heavy atom. The van der Waals surface area contributed by atoms with Gasteiger partial charge in [-0.1, -0.05) is 12.1 Å². The first-order valence-corrected chi connectivity index (χ1v) is 9.72. The van der Waals surface area contributed by atoms with Gasteiger partial charge in [-0.2, -0.15) is 0 Å². The van der Waals surface area contributed by atoms with Gasteiger partial charge in [0.2, 0.25) is 5.89 Å². The van der Waals surface area contributed by atoms with Crippen LogP contribution in [0.4, 0.5) is 0 Å². The molecule has 6 nitrogen and oxygen atoms in total. The second kappa shape index (κ2) is 9.88. The molecule has 1 aliphatic rings. The lowest BCUT2D eigenvalue weighted by molar-refractivity contribution is -0.0159. The van der Waals surface area contributed by atoms with Crippen molar-refractivity contribution in [3.63, 3.8) is 0 Å². The smallest absolute Gasteiger partial charge is 0.230 e. The van der Waals surface area contributed by atoms with E-state index >= 15 is 0 Å². The van der Waals surface area contributed by atoms with Gasteiger partial charge in [-0.05, 0) is 38.8 Å². The SMILES string of the molecule is CCOc1ccccc1-c1nc(CN2CCC(OCCOC)CC2)c(C)o1. The zero-order valence-corrected chi connectivity index (χ0v) is 16.6. The van der Waals surface area contributed by atoms with Gasteiger partial charge < -0.3 is 18.6 Å². The van der Waals surface area contributed by atoms with E-state index in [-0.39, 0.29) is 0 Å². The number of para-hydroxylation sites is 1. The predicted molar refractivity (Wildman–Crippen MR) is 104 cm³/mol. The van der Waals surface area contributed by atoms with E-state index in [9.17, 15) is 0 Å².